The molecule has 16 heavy (non-hydrogen) atoms. The SMILES string of the molecule is CCn1cc(CCN)c2ccc(Cl)c(Cl)c21. The molecule has 4 heteroatoms. The molecule has 86 valence electrons. The highest BCUT2D eigenvalue weighted by Gasteiger charge is 2.12. The van der Waals surface area contributed by atoms with Gasteiger partial charge in [-0.15, -0.1) is 0 Å². The monoisotopic (exact) mass is 256 g/mol. The summed E-state index contributed by atoms with van der Waals surface area (Å²) in [6, 6.07) is 3.85. The second-order valence-electron chi connectivity index (χ2n) is 3.74. The Morgan fingerprint density at radius 3 is 2.69 bits per heavy atom. The first-order chi connectivity index (χ1) is 7.69. The van der Waals surface area contributed by atoms with E-state index in [1.807, 2.05) is 12.1 Å². The van der Waals surface area contributed by atoms with Crippen LogP contribution >= 0.6 is 23.2 Å². The number of benzene rings is 1. The van der Waals surface area contributed by atoms with Gasteiger partial charge in [0.2, 0.25) is 0 Å². The normalized spacial score (nSPS) is 11.2. The lowest BCUT2D eigenvalue weighted by Gasteiger charge is -2.03. The van der Waals surface area contributed by atoms with Crippen LogP contribution in [0.25, 0.3) is 10.9 Å². The van der Waals surface area contributed by atoms with Gasteiger partial charge in [0.15, 0.2) is 0 Å². The van der Waals surface area contributed by atoms with Gasteiger partial charge in [-0.05, 0) is 31.5 Å². The fourth-order valence-electron chi connectivity index (χ4n) is 2.01. The van der Waals surface area contributed by atoms with Crippen LogP contribution in [0.5, 0.6) is 0 Å². The van der Waals surface area contributed by atoms with Gasteiger partial charge in [-0.2, -0.15) is 0 Å². The average molecular weight is 257 g/mol. The van der Waals surface area contributed by atoms with E-state index in [-0.39, 0.29) is 0 Å². The summed E-state index contributed by atoms with van der Waals surface area (Å²) in [6.45, 7) is 3.60. The average Bonchev–Trinajstić information content (AvgIpc) is 2.63. The Morgan fingerprint density at radius 1 is 1.31 bits per heavy atom. The molecular weight excluding hydrogens is 243 g/mol. The van der Waals surface area contributed by atoms with Crippen LogP contribution in [0.3, 0.4) is 0 Å². The van der Waals surface area contributed by atoms with E-state index in [0.29, 0.717) is 16.6 Å². The molecule has 1 aromatic heterocycles. The molecule has 1 heterocycles. The summed E-state index contributed by atoms with van der Waals surface area (Å²) < 4.78 is 2.12. The molecule has 0 aliphatic carbocycles. The Labute approximate surface area is 105 Å². The molecule has 0 atom stereocenters. The zero-order valence-electron chi connectivity index (χ0n) is 9.13. The van der Waals surface area contributed by atoms with Crippen molar-refractivity contribution in [3.05, 3.63) is 33.9 Å². The van der Waals surface area contributed by atoms with Gasteiger partial charge < -0.3 is 10.3 Å². The van der Waals surface area contributed by atoms with E-state index in [2.05, 4.69) is 17.7 Å². The smallest absolute Gasteiger partial charge is 0.0835 e. The molecule has 0 aliphatic rings. The second kappa shape index (κ2) is 4.66. The summed E-state index contributed by atoms with van der Waals surface area (Å²) in [5.74, 6) is 0. The number of fused-ring (bicyclic) bond motifs is 1. The molecule has 1 aromatic carbocycles. The van der Waals surface area contributed by atoms with E-state index in [9.17, 15) is 0 Å². The van der Waals surface area contributed by atoms with Crippen molar-refractivity contribution in [3.63, 3.8) is 0 Å². The summed E-state index contributed by atoms with van der Waals surface area (Å²) in [6.07, 6.45) is 2.97. The van der Waals surface area contributed by atoms with Crippen LogP contribution in [0, 0.1) is 0 Å². The topological polar surface area (TPSA) is 30.9 Å². The lowest BCUT2D eigenvalue weighted by molar-refractivity contribution is 0.791. The number of rotatable bonds is 3. The van der Waals surface area contributed by atoms with Gasteiger partial charge in [-0.3, -0.25) is 0 Å². The third-order valence-electron chi connectivity index (χ3n) is 2.77. The minimum Gasteiger partial charge on any atom is -0.346 e. The number of hydrogen-bond donors (Lipinski definition) is 1. The van der Waals surface area contributed by atoms with Crippen LogP contribution in [0.1, 0.15) is 12.5 Å². The van der Waals surface area contributed by atoms with Crippen LogP contribution in [0.2, 0.25) is 10.0 Å². The molecule has 2 nitrogen and oxygen atoms in total. The molecule has 0 unspecified atom stereocenters. The lowest BCUT2D eigenvalue weighted by atomic mass is 10.1. The Kier molecular flexibility index (Phi) is 3.43. The van der Waals surface area contributed by atoms with Crippen LogP contribution in [0.15, 0.2) is 18.3 Å². The minimum absolute atomic E-state index is 0.598. The van der Waals surface area contributed by atoms with Gasteiger partial charge in [0, 0.05) is 18.1 Å². The van der Waals surface area contributed by atoms with E-state index >= 15 is 0 Å². The molecule has 0 spiro atoms. The molecular formula is C12H14Cl2N2. The van der Waals surface area contributed by atoms with Crippen molar-refractivity contribution < 1.29 is 0 Å². The van der Waals surface area contributed by atoms with Crippen LogP contribution in [-0.4, -0.2) is 11.1 Å². The first-order valence-electron chi connectivity index (χ1n) is 5.34. The van der Waals surface area contributed by atoms with Crippen molar-refractivity contribution in [2.24, 2.45) is 5.73 Å². The highest BCUT2D eigenvalue weighted by atomic mass is 35.5. The molecule has 0 radical (unpaired) electrons. The molecule has 0 fully saturated rings. The van der Waals surface area contributed by atoms with E-state index in [1.54, 1.807) is 0 Å². The van der Waals surface area contributed by atoms with Crippen molar-refractivity contribution in [1.29, 1.82) is 0 Å². The summed E-state index contributed by atoms with van der Waals surface area (Å²) in [4.78, 5) is 0. The third kappa shape index (κ3) is 1.81. The molecule has 0 saturated heterocycles. The fourth-order valence-corrected chi connectivity index (χ4v) is 2.43. The lowest BCUT2D eigenvalue weighted by Crippen LogP contribution is -2.02. The van der Waals surface area contributed by atoms with E-state index in [0.717, 1.165) is 23.9 Å². The van der Waals surface area contributed by atoms with Crippen LogP contribution in [-0.2, 0) is 13.0 Å². The maximum absolute atomic E-state index is 6.24. The predicted octanol–water partition coefficient (Wildman–Crippen LogP) is 3.47. The summed E-state index contributed by atoms with van der Waals surface area (Å²) in [5.41, 5.74) is 7.85. The minimum atomic E-state index is 0.598. The first-order valence-corrected chi connectivity index (χ1v) is 6.10. The predicted molar refractivity (Wildman–Crippen MR) is 70.4 cm³/mol. The van der Waals surface area contributed by atoms with Gasteiger partial charge in [0.05, 0.1) is 15.6 Å². The van der Waals surface area contributed by atoms with Crippen molar-refractivity contribution in [2.45, 2.75) is 19.9 Å². The largest absolute Gasteiger partial charge is 0.346 e. The van der Waals surface area contributed by atoms with Gasteiger partial charge in [-0.1, -0.05) is 29.3 Å². The molecule has 0 bridgehead atoms. The number of hydrogen-bond acceptors (Lipinski definition) is 1. The quantitative estimate of drug-likeness (QED) is 0.896. The standard InChI is InChI=1S/C12H14Cl2N2/c1-2-16-7-8(5-6-15)9-3-4-10(13)11(14)12(9)16/h3-4,7H,2,5-6,15H2,1H3. The van der Waals surface area contributed by atoms with E-state index in [1.165, 1.54) is 5.56 Å². The highest BCUT2D eigenvalue weighted by molar-refractivity contribution is 6.45. The Bertz CT molecular complexity index is 517. The van der Waals surface area contributed by atoms with Crippen molar-refractivity contribution >= 4 is 34.1 Å². The van der Waals surface area contributed by atoms with Gasteiger partial charge >= 0.3 is 0 Å². The Morgan fingerprint density at radius 2 is 2.06 bits per heavy atom. The number of nitrogens with zero attached hydrogens (tertiary/aromatic N) is 1. The molecule has 2 N–H and O–H groups in total. The molecule has 0 aliphatic heterocycles. The van der Waals surface area contributed by atoms with Crippen LogP contribution < -0.4 is 5.73 Å². The Balaban J connectivity index is 2.74. The maximum Gasteiger partial charge on any atom is 0.0835 e. The molecule has 2 rings (SSSR count). The molecule has 0 saturated carbocycles. The number of nitrogens with two attached hydrogens (primary N) is 1. The highest BCUT2D eigenvalue weighted by Crippen LogP contribution is 2.33. The maximum atomic E-state index is 6.24. The van der Waals surface area contributed by atoms with E-state index in [4.69, 9.17) is 28.9 Å². The summed E-state index contributed by atoms with van der Waals surface area (Å²) >= 11 is 12.3. The molecule has 0 amide bonds. The second-order valence-corrected chi connectivity index (χ2v) is 4.52. The van der Waals surface area contributed by atoms with Crippen molar-refractivity contribution in [1.82, 2.24) is 4.57 Å². The van der Waals surface area contributed by atoms with Gasteiger partial charge in [-0.25, -0.2) is 0 Å². The number of halogens is 2. The van der Waals surface area contributed by atoms with Crippen molar-refractivity contribution in [2.75, 3.05) is 6.54 Å². The Hall–Kier alpha value is -0.700. The molecule has 2 aromatic rings. The first kappa shape index (κ1) is 11.8. The zero-order chi connectivity index (χ0) is 11.7. The van der Waals surface area contributed by atoms with E-state index < -0.39 is 0 Å². The zero-order valence-corrected chi connectivity index (χ0v) is 10.6. The van der Waals surface area contributed by atoms with Gasteiger partial charge in [0.1, 0.15) is 0 Å². The summed E-state index contributed by atoms with van der Waals surface area (Å²) in [5, 5.41) is 2.38. The summed E-state index contributed by atoms with van der Waals surface area (Å²) in [7, 11) is 0. The van der Waals surface area contributed by atoms with Crippen LogP contribution in [0.4, 0.5) is 0 Å². The number of aromatic nitrogens is 1. The van der Waals surface area contributed by atoms with Gasteiger partial charge in [0.25, 0.3) is 0 Å². The number of aryl methyl sites for hydroxylation is 1. The third-order valence-corrected chi connectivity index (χ3v) is 3.56. The van der Waals surface area contributed by atoms with Crippen molar-refractivity contribution in [3.8, 4) is 0 Å². The fraction of sp³-hybridized carbons (Fsp3) is 0.333.